The molecule has 0 fully saturated rings. The lowest BCUT2D eigenvalue weighted by atomic mass is 9.89. The number of nitrogens with two attached hydrogens (primary N) is 1. The maximum Gasteiger partial charge on any atom is 0.155 e. The molecular formula is C14H17N5S. The minimum atomic E-state index is -0.110. The highest BCUT2D eigenvalue weighted by molar-refractivity contribution is 7.15. The molecule has 3 N–H and O–H groups in total. The molecule has 0 unspecified atom stereocenters. The number of aromatic nitrogens is 4. The summed E-state index contributed by atoms with van der Waals surface area (Å²) in [5.74, 6) is 0. The number of hydrogen-bond acceptors (Lipinski definition) is 5. The van der Waals surface area contributed by atoms with E-state index in [1.165, 1.54) is 4.88 Å². The second-order valence-corrected chi connectivity index (χ2v) is 6.71. The Kier molecular flexibility index (Phi) is 3.07. The summed E-state index contributed by atoms with van der Waals surface area (Å²) in [5, 5.41) is 8.93. The number of H-pyrrole nitrogens is 1. The average molecular weight is 287 g/mol. The van der Waals surface area contributed by atoms with Gasteiger partial charge in [-0.2, -0.15) is 5.10 Å². The van der Waals surface area contributed by atoms with Crippen LogP contribution in [0.15, 0.2) is 18.5 Å². The molecule has 3 rings (SSSR count). The zero-order valence-corrected chi connectivity index (χ0v) is 12.6. The Morgan fingerprint density at radius 1 is 1.40 bits per heavy atom. The van der Waals surface area contributed by atoms with E-state index in [0.717, 1.165) is 27.3 Å². The minimum absolute atomic E-state index is 0.110. The number of nitrogens with one attached hydrogen (secondary N) is 1. The van der Waals surface area contributed by atoms with E-state index >= 15 is 0 Å². The molecule has 20 heavy (non-hydrogen) atoms. The van der Waals surface area contributed by atoms with E-state index < -0.39 is 0 Å². The van der Waals surface area contributed by atoms with E-state index in [1.54, 1.807) is 23.7 Å². The number of aromatic amines is 1. The van der Waals surface area contributed by atoms with Crippen molar-refractivity contribution in [2.75, 3.05) is 6.54 Å². The number of hydrogen-bond donors (Lipinski definition) is 2. The third-order valence-electron chi connectivity index (χ3n) is 3.53. The van der Waals surface area contributed by atoms with Gasteiger partial charge in [-0.15, -0.1) is 11.3 Å². The van der Waals surface area contributed by atoms with E-state index in [9.17, 15) is 0 Å². The Balaban J connectivity index is 2.17. The normalized spacial score (nSPS) is 12.2. The van der Waals surface area contributed by atoms with Crippen molar-refractivity contribution < 1.29 is 0 Å². The van der Waals surface area contributed by atoms with Crippen LogP contribution in [0, 0.1) is 6.92 Å². The molecule has 0 aromatic carbocycles. The van der Waals surface area contributed by atoms with Crippen LogP contribution in [0.4, 0.5) is 0 Å². The molecule has 3 aromatic heterocycles. The van der Waals surface area contributed by atoms with Gasteiger partial charge >= 0.3 is 0 Å². The van der Waals surface area contributed by atoms with Crippen LogP contribution in [0.1, 0.15) is 24.4 Å². The number of nitrogens with zero attached hydrogens (tertiary/aromatic N) is 3. The van der Waals surface area contributed by atoms with Crippen LogP contribution in [0.2, 0.25) is 0 Å². The van der Waals surface area contributed by atoms with Crippen LogP contribution in [0.3, 0.4) is 0 Å². The van der Waals surface area contributed by atoms with Crippen molar-refractivity contribution in [3.05, 3.63) is 29.0 Å². The van der Waals surface area contributed by atoms with Gasteiger partial charge in [0.25, 0.3) is 0 Å². The van der Waals surface area contributed by atoms with Gasteiger partial charge in [0.2, 0.25) is 0 Å². The summed E-state index contributed by atoms with van der Waals surface area (Å²) in [6.07, 6.45) is 3.57. The Morgan fingerprint density at radius 3 is 2.95 bits per heavy atom. The van der Waals surface area contributed by atoms with Gasteiger partial charge in [0.15, 0.2) is 5.65 Å². The van der Waals surface area contributed by atoms with Crippen LogP contribution in [-0.2, 0) is 5.41 Å². The molecule has 0 saturated heterocycles. The molecule has 6 heteroatoms. The summed E-state index contributed by atoms with van der Waals surface area (Å²) >= 11 is 1.69. The molecule has 104 valence electrons. The lowest BCUT2D eigenvalue weighted by Gasteiger charge is -2.20. The lowest BCUT2D eigenvalue weighted by Crippen LogP contribution is -2.29. The van der Waals surface area contributed by atoms with Crippen LogP contribution in [0.5, 0.6) is 0 Å². The summed E-state index contributed by atoms with van der Waals surface area (Å²) < 4.78 is 0. The molecule has 0 aliphatic carbocycles. The van der Waals surface area contributed by atoms with Gasteiger partial charge in [0.05, 0.1) is 11.9 Å². The van der Waals surface area contributed by atoms with E-state index in [0.29, 0.717) is 6.54 Å². The first-order chi connectivity index (χ1) is 9.53. The molecule has 0 amide bonds. The SMILES string of the molecule is Cc1sc(-c2ccnc3[nH]ncc23)nc1C(C)(C)CN. The fourth-order valence-electron chi connectivity index (χ4n) is 2.27. The predicted octanol–water partition coefficient (Wildman–Crippen LogP) is 2.63. The monoisotopic (exact) mass is 287 g/mol. The molecule has 0 spiro atoms. The molecule has 5 nitrogen and oxygen atoms in total. The number of aryl methyl sites for hydroxylation is 1. The summed E-state index contributed by atoms with van der Waals surface area (Å²) in [6.45, 7) is 6.92. The van der Waals surface area contributed by atoms with E-state index in [4.69, 9.17) is 10.7 Å². The van der Waals surface area contributed by atoms with E-state index in [-0.39, 0.29) is 5.41 Å². The van der Waals surface area contributed by atoms with Crippen molar-refractivity contribution in [3.8, 4) is 10.6 Å². The third kappa shape index (κ3) is 2.01. The molecule has 3 aromatic rings. The van der Waals surface area contributed by atoms with Crippen LogP contribution in [-0.4, -0.2) is 26.7 Å². The van der Waals surface area contributed by atoms with Gasteiger partial charge in [-0.1, -0.05) is 13.8 Å². The summed E-state index contributed by atoms with van der Waals surface area (Å²) in [5.41, 5.74) is 8.69. The molecular weight excluding hydrogens is 270 g/mol. The summed E-state index contributed by atoms with van der Waals surface area (Å²) in [6, 6.07) is 1.98. The number of pyridine rings is 1. The lowest BCUT2D eigenvalue weighted by molar-refractivity contribution is 0.522. The summed E-state index contributed by atoms with van der Waals surface area (Å²) in [4.78, 5) is 10.3. The molecule has 0 atom stereocenters. The van der Waals surface area contributed by atoms with Crippen molar-refractivity contribution in [2.24, 2.45) is 5.73 Å². The third-order valence-corrected chi connectivity index (χ3v) is 4.54. The average Bonchev–Trinajstić information content (AvgIpc) is 3.04. The first-order valence-corrected chi connectivity index (χ1v) is 7.31. The minimum Gasteiger partial charge on any atom is -0.330 e. The van der Waals surface area contributed by atoms with Crippen molar-refractivity contribution in [2.45, 2.75) is 26.2 Å². The highest BCUT2D eigenvalue weighted by Crippen LogP contribution is 2.35. The number of rotatable bonds is 3. The van der Waals surface area contributed by atoms with Gasteiger partial charge in [-0.05, 0) is 13.0 Å². The van der Waals surface area contributed by atoms with Gasteiger partial charge < -0.3 is 5.73 Å². The molecule has 0 aliphatic rings. The maximum absolute atomic E-state index is 5.87. The Labute approximate surface area is 121 Å². The quantitative estimate of drug-likeness (QED) is 0.776. The molecule has 3 heterocycles. The zero-order valence-electron chi connectivity index (χ0n) is 11.8. The Morgan fingerprint density at radius 2 is 2.20 bits per heavy atom. The van der Waals surface area contributed by atoms with Gasteiger partial charge in [0, 0.05) is 34.0 Å². The Hall–Kier alpha value is -1.79. The predicted molar refractivity (Wildman–Crippen MR) is 81.8 cm³/mol. The second-order valence-electron chi connectivity index (χ2n) is 5.50. The van der Waals surface area contributed by atoms with Gasteiger partial charge in [-0.25, -0.2) is 9.97 Å². The standard InChI is InChI=1S/C14H17N5S/c1-8-11(14(2,3)7-15)18-13(20-8)9-4-5-16-12-10(9)6-17-19-12/h4-6H,7,15H2,1-3H3,(H,16,17,19). The topological polar surface area (TPSA) is 80.5 Å². The smallest absolute Gasteiger partial charge is 0.155 e. The number of thiazole rings is 1. The van der Waals surface area contributed by atoms with Crippen molar-refractivity contribution in [1.29, 1.82) is 0 Å². The van der Waals surface area contributed by atoms with Crippen molar-refractivity contribution >= 4 is 22.4 Å². The fraction of sp³-hybridized carbons (Fsp3) is 0.357. The molecule has 0 bridgehead atoms. The maximum atomic E-state index is 5.87. The molecule has 0 radical (unpaired) electrons. The van der Waals surface area contributed by atoms with Gasteiger partial charge in [-0.3, -0.25) is 5.10 Å². The largest absolute Gasteiger partial charge is 0.330 e. The highest BCUT2D eigenvalue weighted by Gasteiger charge is 2.25. The highest BCUT2D eigenvalue weighted by atomic mass is 32.1. The van der Waals surface area contributed by atoms with Crippen LogP contribution in [0.25, 0.3) is 21.6 Å². The van der Waals surface area contributed by atoms with Crippen LogP contribution >= 0.6 is 11.3 Å². The molecule has 0 aliphatic heterocycles. The molecule has 0 saturated carbocycles. The fourth-order valence-corrected chi connectivity index (χ4v) is 3.41. The van der Waals surface area contributed by atoms with Crippen molar-refractivity contribution in [3.63, 3.8) is 0 Å². The summed E-state index contributed by atoms with van der Waals surface area (Å²) in [7, 11) is 0. The second kappa shape index (κ2) is 4.64. The van der Waals surface area contributed by atoms with Gasteiger partial charge in [0.1, 0.15) is 5.01 Å². The zero-order chi connectivity index (χ0) is 14.3. The Bertz CT molecular complexity index is 756. The first-order valence-electron chi connectivity index (χ1n) is 6.49. The van der Waals surface area contributed by atoms with Crippen molar-refractivity contribution in [1.82, 2.24) is 20.2 Å². The van der Waals surface area contributed by atoms with E-state index in [2.05, 4.69) is 36.0 Å². The van der Waals surface area contributed by atoms with E-state index in [1.807, 2.05) is 6.07 Å². The number of fused-ring (bicyclic) bond motifs is 1. The first kappa shape index (κ1) is 13.2. The van der Waals surface area contributed by atoms with Crippen LogP contribution < -0.4 is 5.73 Å².